The third kappa shape index (κ3) is 4.73. The molecule has 0 atom stereocenters. The molecular formula is C25H19ClN2O5. The van der Waals surface area contributed by atoms with E-state index in [4.69, 9.17) is 21.1 Å². The molecule has 8 heteroatoms. The maximum Gasteiger partial charge on any atom is 0.335 e. The summed E-state index contributed by atoms with van der Waals surface area (Å²) in [7, 11) is 1.49. The van der Waals surface area contributed by atoms with Crippen molar-refractivity contribution >= 4 is 41.2 Å². The van der Waals surface area contributed by atoms with E-state index in [2.05, 4.69) is 5.32 Å². The number of ether oxygens (including phenoxy) is 2. The summed E-state index contributed by atoms with van der Waals surface area (Å²) in [6.45, 7) is 0.266. The minimum atomic E-state index is -0.827. The second-order valence-corrected chi connectivity index (χ2v) is 7.48. The van der Waals surface area contributed by atoms with Gasteiger partial charge in [-0.2, -0.15) is 0 Å². The fourth-order valence-corrected chi connectivity index (χ4v) is 3.49. The van der Waals surface area contributed by atoms with Crippen molar-refractivity contribution in [3.05, 3.63) is 94.5 Å². The molecule has 166 valence electrons. The number of carbonyl (C=O) groups excluding carboxylic acids is 3. The number of nitrogens with one attached hydrogen (secondary N) is 1. The normalized spacial score (nSPS) is 14.9. The van der Waals surface area contributed by atoms with Gasteiger partial charge in [0.15, 0.2) is 0 Å². The van der Waals surface area contributed by atoms with E-state index >= 15 is 0 Å². The van der Waals surface area contributed by atoms with E-state index in [0.717, 1.165) is 10.5 Å². The van der Waals surface area contributed by atoms with Gasteiger partial charge in [-0.1, -0.05) is 48.0 Å². The van der Waals surface area contributed by atoms with Crippen LogP contribution in [0, 0.1) is 0 Å². The van der Waals surface area contributed by atoms with E-state index in [-0.39, 0.29) is 12.2 Å². The van der Waals surface area contributed by atoms with Crippen LogP contribution in [0.3, 0.4) is 0 Å². The second kappa shape index (κ2) is 9.58. The molecule has 0 aliphatic carbocycles. The lowest BCUT2D eigenvalue weighted by molar-refractivity contribution is -0.122. The van der Waals surface area contributed by atoms with Crippen molar-refractivity contribution in [2.45, 2.75) is 6.61 Å². The highest BCUT2D eigenvalue weighted by atomic mass is 35.5. The van der Waals surface area contributed by atoms with Gasteiger partial charge in [-0.05, 0) is 42.5 Å². The zero-order valence-corrected chi connectivity index (χ0v) is 18.3. The van der Waals surface area contributed by atoms with Gasteiger partial charge < -0.3 is 9.47 Å². The van der Waals surface area contributed by atoms with Gasteiger partial charge in [0.05, 0.1) is 12.8 Å². The summed E-state index contributed by atoms with van der Waals surface area (Å²) < 4.78 is 11.0. The largest absolute Gasteiger partial charge is 0.496 e. The number of nitrogens with zero attached hydrogens (tertiary/aromatic N) is 1. The minimum absolute atomic E-state index is 0.182. The molecule has 1 aliphatic heterocycles. The van der Waals surface area contributed by atoms with Crippen LogP contribution in [0.4, 0.5) is 10.5 Å². The van der Waals surface area contributed by atoms with Gasteiger partial charge in [-0.25, -0.2) is 9.69 Å². The monoisotopic (exact) mass is 462 g/mol. The number of benzene rings is 3. The van der Waals surface area contributed by atoms with Crippen molar-refractivity contribution in [1.29, 1.82) is 0 Å². The van der Waals surface area contributed by atoms with Gasteiger partial charge in [0.2, 0.25) is 0 Å². The Kier molecular flexibility index (Phi) is 6.42. The Bertz CT molecular complexity index is 1250. The van der Waals surface area contributed by atoms with Crippen LogP contribution < -0.4 is 19.7 Å². The van der Waals surface area contributed by atoms with Gasteiger partial charge in [0.1, 0.15) is 23.7 Å². The van der Waals surface area contributed by atoms with Gasteiger partial charge >= 0.3 is 6.03 Å². The summed E-state index contributed by atoms with van der Waals surface area (Å²) in [5, 5.41) is 2.81. The summed E-state index contributed by atoms with van der Waals surface area (Å²) in [5.74, 6) is -0.482. The quantitative estimate of drug-likeness (QED) is 0.427. The number of hydrogen-bond donors (Lipinski definition) is 1. The van der Waals surface area contributed by atoms with Crippen LogP contribution in [0.25, 0.3) is 6.08 Å². The van der Waals surface area contributed by atoms with E-state index < -0.39 is 17.8 Å². The van der Waals surface area contributed by atoms with E-state index in [1.165, 1.54) is 13.2 Å². The number of carbonyl (C=O) groups is 3. The number of methoxy groups -OCH3 is 1. The van der Waals surface area contributed by atoms with Gasteiger partial charge in [-0.3, -0.25) is 14.9 Å². The number of amides is 4. The molecule has 0 aromatic heterocycles. The summed E-state index contributed by atoms with van der Waals surface area (Å²) in [6.07, 6.45) is 1.40. The second-order valence-electron chi connectivity index (χ2n) is 7.07. The fourth-order valence-electron chi connectivity index (χ4n) is 3.30. The molecule has 1 saturated heterocycles. The number of para-hydroxylation sites is 1. The summed E-state index contributed by atoms with van der Waals surface area (Å²) in [4.78, 5) is 38.8. The van der Waals surface area contributed by atoms with Crippen molar-refractivity contribution in [3.8, 4) is 11.5 Å². The summed E-state index contributed by atoms with van der Waals surface area (Å²) in [5.41, 5.74) is 1.48. The minimum Gasteiger partial charge on any atom is -0.496 e. The predicted octanol–water partition coefficient (Wildman–Crippen LogP) is 4.59. The molecule has 33 heavy (non-hydrogen) atoms. The lowest BCUT2D eigenvalue weighted by atomic mass is 10.1. The lowest BCUT2D eigenvalue weighted by Gasteiger charge is -2.26. The van der Waals surface area contributed by atoms with Crippen molar-refractivity contribution in [2.75, 3.05) is 12.0 Å². The van der Waals surface area contributed by atoms with Crippen LogP contribution in [0.5, 0.6) is 11.5 Å². The highest BCUT2D eigenvalue weighted by molar-refractivity contribution is 6.39. The standard InChI is InChI=1S/C25H19ClN2O5/c1-32-22-9-5-3-6-16(22)14-20-23(29)27-25(31)28(24(20)30)18-10-12-19(13-11-18)33-15-17-7-2-4-8-21(17)26/h2-14H,15H2,1H3,(H,27,29,31). The van der Waals surface area contributed by atoms with E-state index in [9.17, 15) is 14.4 Å². The number of halogens is 1. The first kappa shape index (κ1) is 22.1. The first-order chi connectivity index (χ1) is 16.0. The number of rotatable bonds is 6. The zero-order valence-electron chi connectivity index (χ0n) is 17.6. The molecule has 0 bridgehead atoms. The van der Waals surface area contributed by atoms with Crippen LogP contribution in [-0.2, 0) is 16.2 Å². The third-order valence-corrected chi connectivity index (χ3v) is 5.36. The molecule has 0 unspecified atom stereocenters. The molecule has 1 N–H and O–H groups in total. The Hall–Kier alpha value is -4.10. The Morgan fingerprint density at radius 2 is 1.64 bits per heavy atom. The summed E-state index contributed by atoms with van der Waals surface area (Å²) in [6, 6.07) is 19.9. The van der Waals surface area contributed by atoms with Crippen LogP contribution >= 0.6 is 11.6 Å². The molecule has 3 aromatic rings. The van der Waals surface area contributed by atoms with Gasteiger partial charge in [0, 0.05) is 16.1 Å². The number of imide groups is 2. The number of anilines is 1. The molecule has 0 saturated carbocycles. The van der Waals surface area contributed by atoms with Crippen LogP contribution in [-0.4, -0.2) is 25.0 Å². The molecule has 1 heterocycles. The molecular weight excluding hydrogens is 444 g/mol. The molecule has 4 rings (SSSR count). The van der Waals surface area contributed by atoms with Crippen molar-refractivity contribution in [2.24, 2.45) is 0 Å². The third-order valence-electron chi connectivity index (χ3n) is 4.99. The van der Waals surface area contributed by atoms with E-state index in [1.54, 1.807) is 54.6 Å². The van der Waals surface area contributed by atoms with Crippen molar-refractivity contribution < 1.29 is 23.9 Å². The highest BCUT2D eigenvalue weighted by Crippen LogP contribution is 2.27. The maximum atomic E-state index is 13.1. The van der Waals surface area contributed by atoms with Crippen LogP contribution in [0.2, 0.25) is 5.02 Å². The van der Waals surface area contributed by atoms with Crippen molar-refractivity contribution in [1.82, 2.24) is 5.32 Å². The molecule has 7 nitrogen and oxygen atoms in total. The van der Waals surface area contributed by atoms with Gasteiger partial charge in [-0.15, -0.1) is 0 Å². The molecule has 4 amide bonds. The lowest BCUT2D eigenvalue weighted by Crippen LogP contribution is -2.54. The molecule has 1 aliphatic rings. The number of urea groups is 1. The Morgan fingerprint density at radius 3 is 2.36 bits per heavy atom. The smallest absolute Gasteiger partial charge is 0.335 e. The summed E-state index contributed by atoms with van der Waals surface area (Å²) >= 11 is 6.14. The predicted molar refractivity (Wildman–Crippen MR) is 124 cm³/mol. The number of barbiturate groups is 1. The fraction of sp³-hybridized carbons (Fsp3) is 0.0800. The van der Waals surface area contributed by atoms with Crippen LogP contribution in [0.15, 0.2) is 78.4 Å². The highest BCUT2D eigenvalue weighted by Gasteiger charge is 2.37. The Balaban J connectivity index is 1.55. The molecule has 0 spiro atoms. The number of hydrogen-bond acceptors (Lipinski definition) is 5. The van der Waals surface area contributed by atoms with E-state index in [1.807, 2.05) is 18.2 Å². The van der Waals surface area contributed by atoms with Gasteiger partial charge in [0.25, 0.3) is 11.8 Å². The SMILES string of the molecule is COc1ccccc1C=C1C(=O)NC(=O)N(c2ccc(OCc3ccccc3Cl)cc2)C1=O. The molecule has 3 aromatic carbocycles. The Labute approximate surface area is 195 Å². The van der Waals surface area contributed by atoms with Crippen LogP contribution in [0.1, 0.15) is 11.1 Å². The van der Waals surface area contributed by atoms with E-state index in [0.29, 0.717) is 27.8 Å². The maximum absolute atomic E-state index is 13.1. The van der Waals surface area contributed by atoms with Crippen molar-refractivity contribution in [3.63, 3.8) is 0 Å². The first-order valence-electron chi connectivity index (χ1n) is 9.98. The molecule has 1 fully saturated rings. The Morgan fingerprint density at radius 1 is 0.939 bits per heavy atom. The molecule has 0 radical (unpaired) electrons. The average molecular weight is 463 g/mol. The zero-order chi connectivity index (χ0) is 23.4. The topological polar surface area (TPSA) is 84.9 Å². The average Bonchev–Trinajstić information content (AvgIpc) is 2.82. The first-order valence-corrected chi connectivity index (χ1v) is 10.4.